The number of anilines is 1. The Morgan fingerprint density at radius 3 is 2.77 bits per heavy atom. The molecule has 0 bridgehead atoms. The van der Waals surface area contributed by atoms with Crippen molar-refractivity contribution in [2.24, 2.45) is 0 Å². The lowest BCUT2D eigenvalue weighted by Crippen LogP contribution is -2.15. The highest BCUT2D eigenvalue weighted by molar-refractivity contribution is 7.99. The summed E-state index contributed by atoms with van der Waals surface area (Å²) in [7, 11) is 0. The minimum Gasteiger partial charge on any atom is -0.324 e. The maximum absolute atomic E-state index is 12.1. The van der Waals surface area contributed by atoms with Crippen LogP contribution in [-0.4, -0.2) is 37.7 Å². The van der Waals surface area contributed by atoms with E-state index in [0.717, 1.165) is 0 Å². The third kappa shape index (κ3) is 4.27. The van der Waals surface area contributed by atoms with E-state index in [-0.39, 0.29) is 17.4 Å². The van der Waals surface area contributed by atoms with Crippen molar-refractivity contribution in [3.8, 4) is 5.69 Å². The standard InChI is InChI=1S/C17H14ClN5O2S/c1-11(24)12-5-4-6-13(9-12)23-17(20-21-22-23)26-10-16(25)19-15-8-3-2-7-14(15)18/h2-9H,10H2,1H3,(H,19,25). The van der Waals surface area contributed by atoms with Crippen LogP contribution in [0, 0.1) is 0 Å². The van der Waals surface area contributed by atoms with Crippen LogP contribution in [0.3, 0.4) is 0 Å². The molecule has 1 N–H and O–H groups in total. The number of amides is 1. The van der Waals surface area contributed by atoms with E-state index in [1.165, 1.54) is 23.4 Å². The molecule has 9 heteroatoms. The Morgan fingerprint density at radius 1 is 1.19 bits per heavy atom. The number of Topliss-reactive ketones (excluding diaryl/α,β-unsaturated/α-hetero) is 1. The first-order chi connectivity index (χ1) is 12.5. The number of aromatic nitrogens is 4. The van der Waals surface area contributed by atoms with Gasteiger partial charge in [0.25, 0.3) is 0 Å². The van der Waals surface area contributed by atoms with Gasteiger partial charge in [-0.25, -0.2) is 0 Å². The molecule has 0 atom stereocenters. The van der Waals surface area contributed by atoms with Gasteiger partial charge < -0.3 is 5.32 Å². The van der Waals surface area contributed by atoms with Crippen LogP contribution in [0.1, 0.15) is 17.3 Å². The van der Waals surface area contributed by atoms with E-state index in [4.69, 9.17) is 11.6 Å². The number of hydrogen-bond donors (Lipinski definition) is 1. The Morgan fingerprint density at radius 2 is 2.00 bits per heavy atom. The van der Waals surface area contributed by atoms with Crippen molar-refractivity contribution in [3.05, 3.63) is 59.1 Å². The fourth-order valence-electron chi connectivity index (χ4n) is 2.17. The van der Waals surface area contributed by atoms with Gasteiger partial charge in [0.15, 0.2) is 5.78 Å². The van der Waals surface area contributed by atoms with E-state index in [1.807, 2.05) is 0 Å². The minimum atomic E-state index is -0.227. The predicted molar refractivity (Wildman–Crippen MR) is 100.0 cm³/mol. The molecule has 0 saturated carbocycles. The molecule has 0 spiro atoms. The van der Waals surface area contributed by atoms with Crippen LogP contribution in [0.25, 0.3) is 5.69 Å². The van der Waals surface area contributed by atoms with Gasteiger partial charge in [-0.15, -0.1) is 5.10 Å². The second-order valence-corrected chi connectivity index (χ2v) is 6.65. The molecule has 1 amide bonds. The first-order valence-corrected chi connectivity index (χ1v) is 8.98. The fourth-order valence-corrected chi connectivity index (χ4v) is 3.04. The quantitative estimate of drug-likeness (QED) is 0.515. The van der Waals surface area contributed by atoms with Crippen molar-refractivity contribution in [1.82, 2.24) is 20.2 Å². The Kier molecular flexibility index (Phi) is 5.65. The summed E-state index contributed by atoms with van der Waals surface area (Å²) in [6, 6.07) is 14.0. The van der Waals surface area contributed by atoms with Crippen molar-refractivity contribution in [2.75, 3.05) is 11.1 Å². The lowest BCUT2D eigenvalue weighted by atomic mass is 10.1. The summed E-state index contributed by atoms with van der Waals surface area (Å²) in [6.45, 7) is 1.49. The largest absolute Gasteiger partial charge is 0.324 e. The van der Waals surface area contributed by atoms with Gasteiger partial charge in [-0.05, 0) is 41.6 Å². The molecule has 3 rings (SSSR count). The monoisotopic (exact) mass is 387 g/mol. The molecule has 2 aromatic carbocycles. The highest BCUT2D eigenvalue weighted by Gasteiger charge is 2.13. The van der Waals surface area contributed by atoms with Gasteiger partial charge >= 0.3 is 0 Å². The van der Waals surface area contributed by atoms with E-state index >= 15 is 0 Å². The third-order valence-electron chi connectivity index (χ3n) is 3.42. The number of hydrogen-bond acceptors (Lipinski definition) is 6. The summed E-state index contributed by atoms with van der Waals surface area (Å²) in [5, 5.41) is 15.2. The van der Waals surface area contributed by atoms with Gasteiger partial charge in [0.1, 0.15) is 0 Å². The molecule has 7 nitrogen and oxygen atoms in total. The average Bonchev–Trinajstić information content (AvgIpc) is 3.11. The van der Waals surface area contributed by atoms with Gasteiger partial charge in [0, 0.05) is 5.56 Å². The van der Waals surface area contributed by atoms with Gasteiger partial charge in [-0.2, -0.15) is 4.68 Å². The highest BCUT2D eigenvalue weighted by atomic mass is 35.5. The molecule has 0 aliphatic heterocycles. The number of nitrogens with one attached hydrogen (secondary N) is 1. The minimum absolute atomic E-state index is 0.0479. The Balaban J connectivity index is 1.70. The molecular weight excluding hydrogens is 374 g/mol. The number of ketones is 1. The van der Waals surface area contributed by atoms with Crippen LogP contribution in [0.4, 0.5) is 5.69 Å². The Hall–Kier alpha value is -2.71. The average molecular weight is 388 g/mol. The summed E-state index contributed by atoms with van der Waals surface area (Å²) in [5.74, 6) is -0.166. The Labute approximate surface area is 158 Å². The van der Waals surface area contributed by atoms with Crippen LogP contribution >= 0.6 is 23.4 Å². The van der Waals surface area contributed by atoms with Gasteiger partial charge in [-0.1, -0.05) is 47.6 Å². The van der Waals surface area contributed by atoms with Crippen molar-refractivity contribution in [2.45, 2.75) is 12.1 Å². The van der Waals surface area contributed by atoms with Crippen molar-refractivity contribution < 1.29 is 9.59 Å². The van der Waals surface area contributed by atoms with Crippen LogP contribution in [-0.2, 0) is 4.79 Å². The molecule has 0 radical (unpaired) electrons. The molecule has 0 aliphatic rings. The van der Waals surface area contributed by atoms with Crippen molar-refractivity contribution in [3.63, 3.8) is 0 Å². The van der Waals surface area contributed by atoms with Crippen LogP contribution < -0.4 is 5.32 Å². The van der Waals surface area contributed by atoms with E-state index in [0.29, 0.717) is 27.1 Å². The van der Waals surface area contributed by atoms with E-state index in [2.05, 4.69) is 20.8 Å². The molecule has 26 heavy (non-hydrogen) atoms. The fraction of sp³-hybridized carbons (Fsp3) is 0.118. The molecule has 1 heterocycles. The highest BCUT2D eigenvalue weighted by Crippen LogP contribution is 2.22. The normalized spacial score (nSPS) is 10.5. The number of rotatable bonds is 6. The van der Waals surface area contributed by atoms with Gasteiger partial charge in [0.05, 0.1) is 22.2 Å². The number of benzene rings is 2. The van der Waals surface area contributed by atoms with Gasteiger partial charge in [-0.3, -0.25) is 9.59 Å². The van der Waals surface area contributed by atoms with E-state index < -0.39 is 0 Å². The van der Waals surface area contributed by atoms with Crippen LogP contribution in [0.15, 0.2) is 53.7 Å². The van der Waals surface area contributed by atoms with Crippen LogP contribution in [0.2, 0.25) is 5.02 Å². The SMILES string of the molecule is CC(=O)c1cccc(-n2nnnc2SCC(=O)Nc2ccccc2Cl)c1. The van der Waals surface area contributed by atoms with Crippen LogP contribution in [0.5, 0.6) is 0 Å². The maximum atomic E-state index is 12.1. The molecule has 132 valence electrons. The van der Waals surface area contributed by atoms with E-state index in [1.54, 1.807) is 48.5 Å². The molecule has 0 fully saturated rings. The van der Waals surface area contributed by atoms with Crippen molar-refractivity contribution >= 4 is 40.7 Å². The lowest BCUT2D eigenvalue weighted by molar-refractivity contribution is -0.113. The molecule has 3 aromatic rings. The zero-order valence-electron chi connectivity index (χ0n) is 13.7. The Bertz CT molecular complexity index is 960. The second-order valence-electron chi connectivity index (χ2n) is 5.30. The number of carbonyl (C=O) groups excluding carboxylic acids is 2. The molecular formula is C17H14ClN5O2S. The van der Waals surface area contributed by atoms with Gasteiger partial charge in [0.2, 0.25) is 11.1 Å². The topological polar surface area (TPSA) is 89.8 Å². The summed E-state index contributed by atoms with van der Waals surface area (Å²) >= 11 is 7.21. The molecule has 0 unspecified atom stereocenters. The van der Waals surface area contributed by atoms with Crippen molar-refractivity contribution in [1.29, 1.82) is 0 Å². The molecule has 0 saturated heterocycles. The summed E-state index contributed by atoms with van der Waals surface area (Å²) < 4.78 is 1.49. The second kappa shape index (κ2) is 8.11. The first kappa shape index (κ1) is 18.1. The number of thioether (sulfide) groups is 1. The summed E-state index contributed by atoms with van der Waals surface area (Å²) in [5.41, 5.74) is 1.76. The zero-order valence-corrected chi connectivity index (χ0v) is 15.3. The zero-order chi connectivity index (χ0) is 18.5. The summed E-state index contributed by atoms with van der Waals surface area (Å²) in [6.07, 6.45) is 0. The molecule has 1 aromatic heterocycles. The number of carbonyl (C=O) groups is 2. The number of tetrazole rings is 1. The maximum Gasteiger partial charge on any atom is 0.234 e. The summed E-state index contributed by atoms with van der Waals surface area (Å²) in [4.78, 5) is 23.7. The number of halogens is 1. The number of nitrogens with zero attached hydrogens (tertiary/aromatic N) is 4. The first-order valence-electron chi connectivity index (χ1n) is 7.61. The smallest absolute Gasteiger partial charge is 0.234 e. The number of para-hydroxylation sites is 1. The predicted octanol–water partition coefficient (Wildman–Crippen LogP) is 3.25. The molecule has 0 aliphatic carbocycles. The lowest BCUT2D eigenvalue weighted by Gasteiger charge is -2.07. The van der Waals surface area contributed by atoms with E-state index in [9.17, 15) is 9.59 Å². The third-order valence-corrected chi connectivity index (χ3v) is 4.67.